The lowest BCUT2D eigenvalue weighted by Crippen LogP contribution is -2.21. The summed E-state index contributed by atoms with van der Waals surface area (Å²) < 4.78 is 21.3. The summed E-state index contributed by atoms with van der Waals surface area (Å²) in [5, 5.41) is 0. The lowest BCUT2D eigenvalue weighted by molar-refractivity contribution is 0.614. The molecular formula is C10H15NO2S. The first-order chi connectivity index (χ1) is 6.69. The standard InChI is InChI=1S/C10H15NO2S/c1-3-11(4-2)9-5-7-10(8-6-9)14(12)13/h5-8,14H,3-4H2,1-2H3. The van der Waals surface area contributed by atoms with E-state index in [0.29, 0.717) is 4.90 Å². The summed E-state index contributed by atoms with van der Waals surface area (Å²) in [6, 6.07) is 6.96. The number of benzene rings is 1. The molecule has 0 heterocycles. The summed E-state index contributed by atoms with van der Waals surface area (Å²) in [4.78, 5) is 2.54. The predicted octanol–water partition coefficient (Wildman–Crippen LogP) is 1.50. The Morgan fingerprint density at radius 1 is 1.07 bits per heavy atom. The van der Waals surface area contributed by atoms with E-state index in [1.54, 1.807) is 12.1 Å². The minimum absolute atomic E-state index is 0.371. The molecule has 0 aliphatic heterocycles. The minimum Gasteiger partial charge on any atom is -0.372 e. The second-order valence-corrected chi connectivity index (χ2v) is 3.98. The smallest absolute Gasteiger partial charge is 0.168 e. The molecule has 0 atom stereocenters. The molecule has 1 aromatic carbocycles. The fraction of sp³-hybridized carbons (Fsp3) is 0.400. The fourth-order valence-electron chi connectivity index (χ4n) is 1.37. The molecule has 0 aliphatic rings. The third-order valence-electron chi connectivity index (χ3n) is 2.19. The van der Waals surface area contributed by atoms with Gasteiger partial charge in [-0.05, 0) is 38.1 Å². The van der Waals surface area contributed by atoms with Gasteiger partial charge in [0.1, 0.15) is 0 Å². The molecular weight excluding hydrogens is 198 g/mol. The highest BCUT2D eigenvalue weighted by Gasteiger charge is 2.01. The molecule has 14 heavy (non-hydrogen) atoms. The van der Waals surface area contributed by atoms with Gasteiger partial charge in [-0.1, -0.05) is 0 Å². The van der Waals surface area contributed by atoms with Crippen LogP contribution in [0.5, 0.6) is 0 Å². The van der Waals surface area contributed by atoms with Crippen LogP contribution in [0.1, 0.15) is 13.8 Å². The number of thiol groups is 1. The highest BCUT2D eigenvalue weighted by Crippen LogP contribution is 2.15. The number of rotatable bonds is 4. The van der Waals surface area contributed by atoms with Crippen molar-refractivity contribution < 1.29 is 8.42 Å². The van der Waals surface area contributed by atoms with Crippen molar-refractivity contribution in [3.63, 3.8) is 0 Å². The summed E-state index contributed by atoms with van der Waals surface area (Å²) in [5.41, 5.74) is 1.07. The fourth-order valence-corrected chi connectivity index (χ4v) is 1.77. The van der Waals surface area contributed by atoms with E-state index in [2.05, 4.69) is 18.7 Å². The lowest BCUT2D eigenvalue weighted by Gasteiger charge is -2.20. The van der Waals surface area contributed by atoms with Gasteiger partial charge in [0.25, 0.3) is 0 Å². The summed E-state index contributed by atoms with van der Waals surface area (Å²) in [5.74, 6) is 0. The topological polar surface area (TPSA) is 37.4 Å². The zero-order valence-electron chi connectivity index (χ0n) is 8.43. The van der Waals surface area contributed by atoms with Crippen LogP contribution in [-0.4, -0.2) is 21.5 Å². The second kappa shape index (κ2) is 5.00. The molecule has 0 fully saturated rings. The third-order valence-corrected chi connectivity index (χ3v) is 2.91. The van der Waals surface area contributed by atoms with Crippen LogP contribution in [0.2, 0.25) is 0 Å². The lowest BCUT2D eigenvalue weighted by atomic mass is 10.3. The maximum atomic E-state index is 10.6. The van der Waals surface area contributed by atoms with Gasteiger partial charge in [-0.25, -0.2) is 8.42 Å². The molecule has 0 saturated heterocycles. The van der Waals surface area contributed by atoms with E-state index in [4.69, 9.17) is 0 Å². The van der Waals surface area contributed by atoms with Gasteiger partial charge in [-0.3, -0.25) is 0 Å². The molecule has 1 aromatic rings. The first kappa shape index (κ1) is 11.0. The SMILES string of the molecule is CCN(CC)c1ccc([SH](=O)=O)cc1. The number of hydrogen-bond donors (Lipinski definition) is 1. The van der Waals surface area contributed by atoms with E-state index in [1.807, 2.05) is 12.1 Å². The van der Waals surface area contributed by atoms with Crippen molar-refractivity contribution in [2.75, 3.05) is 18.0 Å². The summed E-state index contributed by atoms with van der Waals surface area (Å²) in [6.45, 7) is 6.01. The zero-order valence-corrected chi connectivity index (χ0v) is 9.33. The molecule has 0 radical (unpaired) electrons. The summed E-state index contributed by atoms with van der Waals surface area (Å²) in [7, 11) is -2.45. The highest BCUT2D eigenvalue weighted by molar-refractivity contribution is 7.72. The first-order valence-corrected chi connectivity index (χ1v) is 5.86. The van der Waals surface area contributed by atoms with Gasteiger partial charge >= 0.3 is 0 Å². The maximum Gasteiger partial charge on any atom is 0.168 e. The van der Waals surface area contributed by atoms with Gasteiger partial charge in [0.15, 0.2) is 10.7 Å². The van der Waals surface area contributed by atoms with Crippen LogP contribution < -0.4 is 4.90 Å². The van der Waals surface area contributed by atoms with E-state index >= 15 is 0 Å². The average molecular weight is 213 g/mol. The van der Waals surface area contributed by atoms with Crippen molar-refractivity contribution in [3.05, 3.63) is 24.3 Å². The van der Waals surface area contributed by atoms with Crippen LogP contribution in [0.25, 0.3) is 0 Å². The van der Waals surface area contributed by atoms with Crippen LogP contribution >= 0.6 is 0 Å². The summed E-state index contributed by atoms with van der Waals surface area (Å²) in [6.07, 6.45) is 0. The normalized spacial score (nSPS) is 10.5. The molecule has 3 nitrogen and oxygen atoms in total. The van der Waals surface area contributed by atoms with Crippen molar-refractivity contribution >= 4 is 16.4 Å². The van der Waals surface area contributed by atoms with Crippen LogP contribution in [-0.2, 0) is 10.7 Å². The molecule has 0 spiro atoms. The largest absolute Gasteiger partial charge is 0.372 e. The van der Waals surface area contributed by atoms with E-state index in [9.17, 15) is 8.42 Å². The molecule has 1 rings (SSSR count). The molecule has 0 N–H and O–H groups in total. The Morgan fingerprint density at radius 3 is 1.93 bits per heavy atom. The van der Waals surface area contributed by atoms with E-state index < -0.39 is 10.7 Å². The zero-order chi connectivity index (χ0) is 10.6. The minimum atomic E-state index is -2.45. The Hall–Kier alpha value is -1.03. The Balaban J connectivity index is 2.92. The molecule has 0 aromatic heterocycles. The highest BCUT2D eigenvalue weighted by atomic mass is 32.2. The first-order valence-electron chi connectivity index (χ1n) is 4.68. The number of anilines is 1. The monoisotopic (exact) mass is 213 g/mol. The van der Waals surface area contributed by atoms with Crippen molar-refractivity contribution in [2.45, 2.75) is 18.7 Å². The molecule has 0 unspecified atom stereocenters. The molecule has 78 valence electrons. The van der Waals surface area contributed by atoms with E-state index in [-0.39, 0.29) is 0 Å². The Labute approximate surface area is 86.3 Å². The number of hydrogen-bond acceptors (Lipinski definition) is 3. The Bertz CT molecular complexity index is 345. The molecule has 0 aliphatic carbocycles. The quantitative estimate of drug-likeness (QED) is 0.770. The van der Waals surface area contributed by atoms with E-state index in [0.717, 1.165) is 18.8 Å². The third kappa shape index (κ3) is 2.48. The van der Waals surface area contributed by atoms with Crippen molar-refractivity contribution in [3.8, 4) is 0 Å². The Kier molecular flexibility index (Phi) is 3.95. The van der Waals surface area contributed by atoms with Crippen molar-refractivity contribution in [1.29, 1.82) is 0 Å². The average Bonchev–Trinajstić information content (AvgIpc) is 2.20. The van der Waals surface area contributed by atoms with Crippen LogP contribution in [0, 0.1) is 0 Å². The molecule has 0 amide bonds. The van der Waals surface area contributed by atoms with Crippen molar-refractivity contribution in [1.82, 2.24) is 0 Å². The predicted molar refractivity (Wildman–Crippen MR) is 58.6 cm³/mol. The van der Waals surface area contributed by atoms with Gasteiger partial charge in [-0.2, -0.15) is 0 Å². The van der Waals surface area contributed by atoms with Crippen molar-refractivity contribution in [2.24, 2.45) is 0 Å². The van der Waals surface area contributed by atoms with Gasteiger partial charge in [0, 0.05) is 18.8 Å². The van der Waals surface area contributed by atoms with Gasteiger partial charge in [-0.15, -0.1) is 0 Å². The maximum absolute atomic E-state index is 10.6. The van der Waals surface area contributed by atoms with Crippen LogP contribution in [0.4, 0.5) is 5.69 Å². The Morgan fingerprint density at radius 2 is 1.57 bits per heavy atom. The molecule has 4 heteroatoms. The van der Waals surface area contributed by atoms with Gasteiger partial charge < -0.3 is 4.90 Å². The molecule has 0 bridgehead atoms. The van der Waals surface area contributed by atoms with Gasteiger partial charge in [0.05, 0.1) is 4.90 Å². The van der Waals surface area contributed by atoms with Gasteiger partial charge in [0.2, 0.25) is 0 Å². The molecule has 0 saturated carbocycles. The summed E-state index contributed by atoms with van der Waals surface area (Å²) >= 11 is 0. The number of nitrogens with zero attached hydrogens (tertiary/aromatic N) is 1. The van der Waals surface area contributed by atoms with Crippen LogP contribution in [0.15, 0.2) is 29.2 Å². The second-order valence-electron chi connectivity index (χ2n) is 2.95. The van der Waals surface area contributed by atoms with E-state index in [1.165, 1.54) is 0 Å². The van der Waals surface area contributed by atoms with Crippen LogP contribution in [0.3, 0.4) is 0 Å².